The second-order valence-electron chi connectivity index (χ2n) is 7.53. The third kappa shape index (κ3) is 4.15. The molecule has 144 valence electrons. The molecule has 1 N–H and O–H groups in total. The van der Waals surface area contributed by atoms with E-state index >= 15 is 0 Å². The summed E-state index contributed by atoms with van der Waals surface area (Å²) in [6.45, 7) is 5.64. The topological polar surface area (TPSA) is 56.4 Å². The molecule has 0 spiro atoms. The minimum absolute atomic E-state index is 0.0288. The molecule has 1 aliphatic rings. The Hall–Kier alpha value is -2.92. The number of amides is 1. The van der Waals surface area contributed by atoms with Crippen molar-refractivity contribution >= 4 is 16.8 Å². The maximum absolute atomic E-state index is 12.5. The van der Waals surface area contributed by atoms with Crippen LogP contribution in [0, 0.1) is 6.92 Å². The van der Waals surface area contributed by atoms with Gasteiger partial charge in [0, 0.05) is 43.8 Å². The van der Waals surface area contributed by atoms with Crippen LogP contribution in [0.3, 0.4) is 0 Å². The van der Waals surface area contributed by atoms with E-state index in [0.717, 1.165) is 35.1 Å². The van der Waals surface area contributed by atoms with Crippen molar-refractivity contribution in [2.45, 2.75) is 19.9 Å². The third-order valence-electron chi connectivity index (χ3n) is 5.39. The summed E-state index contributed by atoms with van der Waals surface area (Å²) in [6.07, 6.45) is 0.449. The Morgan fingerprint density at radius 1 is 1.00 bits per heavy atom. The van der Waals surface area contributed by atoms with Crippen LogP contribution < -0.4 is 5.56 Å². The number of carbonyl (C=O) groups is 1. The molecule has 0 atom stereocenters. The Labute approximate surface area is 164 Å². The van der Waals surface area contributed by atoms with Crippen molar-refractivity contribution in [2.24, 2.45) is 0 Å². The van der Waals surface area contributed by atoms with Crippen molar-refractivity contribution in [1.29, 1.82) is 0 Å². The number of nitrogens with one attached hydrogen (secondary N) is 1. The molecule has 1 saturated heterocycles. The molecule has 4 rings (SSSR count). The van der Waals surface area contributed by atoms with Crippen LogP contribution in [-0.2, 0) is 17.8 Å². The molecule has 1 aromatic heterocycles. The molecule has 2 heterocycles. The molecule has 0 unspecified atom stereocenters. The van der Waals surface area contributed by atoms with E-state index in [0.29, 0.717) is 26.1 Å². The number of benzene rings is 2. The van der Waals surface area contributed by atoms with Crippen LogP contribution in [0.15, 0.2) is 59.4 Å². The van der Waals surface area contributed by atoms with E-state index in [1.54, 1.807) is 0 Å². The zero-order valence-electron chi connectivity index (χ0n) is 16.1. The fourth-order valence-electron chi connectivity index (χ4n) is 3.77. The molecule has 5 nitrogen and oxygen atoms in total. The fourth-order valence-corrected chi connectivity index (χ4v) is 3.77. The second kappa shape index (κ2) is 7.98. The van der Waals surface area contributed by atoms with Crippen LogP contribution in [0.1, 0.15) is 16.7 Å². The van der Waals surface area contributed by atoms with E-state index in [-0.39, 0.29) is 11.5 Å². The van der Waals surface area contributed by atoms with Gasteiger partial charge in [-0.1, -0.05) is 42.0 Å². The van der Waals surface area contributed by atoms with Crippen LogP contribution in [-0.4, -0.2) is 46.9 Å². The lowest BCUT2D eigenvalue weighted by Crippen LogP contribution is -2.49. The van der Waals surface area contributed by atoms with E-state index in [2.05, 4.69) is 22.9 Å². The number of H-pyrrole nitrogens is 1. The third-order valence-corrected chi connectivity index (χ3v) is 5.39. The first-order valence-electron chi connectivity index (χ1n) is 9.75. The summed E-state index contributed by atoms with van der Waals surface area (Å²) in [7, 11) is 0. The van der Waals surface area contributed by atoms with Gasteiger partial charge >= 0.3 is 0 Å². The van der Waals surface area contributed by atoms with Crippen molar-refractivity contribution in [3.05, 3.63) is 81.6 Å². The molecule has 3 aromatic rings. The number of hydrogen-bond donors (Lipinski definition) is 1. The highest BCUT2D eigenvalue weighted by atomic mass is 16.2. The van der Waals surface area contributed by atoms with E-state index in [9.17, 15) is 9.59 Å². The standard InChI is InChI=1S/C23H25N3O2/c1-17-7-8-21-19(13-17)15-20(23(28)24-21)16-25-9-11-26(12-10-25)22(27)14-18-5-3-2-4-6-18/h2-8,13,15H,9-12,14,16H2,1H3,(H,24,28). The second-order valence-corrected chi connectivity index (χ2v) is 7.53. The van der Waals surface area contributed by atoms with Gasteiger partial charge < -0.3 is 9.88 Å². The molecule has 1 amide bonds. The highest BCUT2D eigenvalue weighted by molar-refractivity contribution is 5.80. The number of rotatable bonds is 4. The summed E-state index contributed by atoms with van der Waals surface area (Å²) in [4.78, 5) is 32.1. The van der Waals surface area contributed by atoms with E-state index in [4.69, 9.17) is 0 Å². The first-order chi connectivity index (χ1) is 13.6. The Balaban J connectivity index is 1.38. The van der Waals surface area contributed by atoms with Crippen LogP contribution in [0.25, 0.3) is 10.9 Å². The molecule has 0 aliphatic carbocycles. The van der Waals surface area contributed by atoms with Crippen LogP contribution in [0.5, 0.6) is 0 Å². The number of aryl methyl sites for hydroxylation is 1. The zero-order chi connectivity index (χ0) is 19.5. The number of piperazine rings is 1. The molecule has 28 heavy (non-hydrogen) atoms. The lowest BCUT2D eigenvalue weighted by molar-refractivity contribution is -0.132. The average Bonchev–Trinajstić information content (AvgIpc) is 2.70. The highest BCUT2D eigenvalue weighted by Crippen LogP contribution is 2.15. The zero-order valence-corrected chi connectivity index (χ0v) is 16.1. The molecule has 1 aliphatic heterocycles. The summed E-state index contributed by atoms with van der Waals surface area (Å²) in [6, 6.07) is 17.9. The molecule has 5 heteroatoms. The van der Waals surface area contributed by atoms with Crippen molar-refractivity contribution in [1.82, 2.24) is 14.8 Å². The Kier molecular flexibility index (Phi) is 5.26. The van der Waals surface area contributed by atoms with Gasteiger partial charge in [0.05, 0.1) is 6.42 Å². The number of nitrogens with zero attached hydrogens (tertiary/aromatic N) is 2. The van der Waals surface area contributed by atoms with Crippen molar-refractivity contribution in [2.75, 3.05) is 26.2 Å². The minimum Gasteiger partial charge on any atom is -0.340 e. The number of carbonyl (C=O) groups excluding carboxylic acids is 1. The van der Waals surface area contributed by atoms with Gasteiger partial charge in [0.15, 0.2) is 0 Å². The molecule has 0 bridgehead atoms. The summed E-state index contributed by atoms with van der Waals surface area (Å²) >= 11 is 0. The quantitative estimate of drug-likeness (QED) is 0.763. The summed E-state index contributed by atoms with van der Waals surface area (Å²) in [5.41, 5.74) is 3.85. The first kappa shape index (κ1) is 18.4. The van der Waals surface area contributed by atoms with Gasteiger partial charge in [0.1, 0.15) is 0 Å². The number of aromatic amines is 1. The number of hydrogen-bond acceptors (Lipinski definition) is 3. The number of fused-ring (bicyclic) bond motifs is 1. The maximum atomic E-state index is 12.5. The molecule has 0 saturated carbocycles. The number of pyridine rings is 1. The van der Waals surface area contributed by atoms with Gasteiger partial charge in [-0.15, -0.1) is 0 Å². The van der Waals surface area contributed by atoms with Crippen molar-refractivity contribution in [3.8, 4) is 0 Å². The van der Waals surface area contributed by atoms with Gasteiger partial charge in [-0.3, -0.25) is 14.5 Å². The summed E-state index contributed by atoms with van der Waals surface area (Å²) < 4.78 is 0. The Morgan fingerprint density at radius 3 is 2.50 bits per heavy atom. The predicted octanol–water partition coefficient (Wildman–Crippen LogP) is 2.72. The van der Waals surface area contributed by atoms with Crippen molar-refractivity contribution in [3.63, 3.8) is 0 Å². The van der Waals surface area contributed by atoms with Crippen molar-refractivity contribution < 1.29 is 4.79 Å². The molecule has 1 fully saturated rings. The minimum atomic E-state index is -0.0288. The SMILES string of the molecule is Cc1ccc2[nH]c(=O)c(CN3CCN(C(=O)Cc4ccccc4)CC3)cc2c1. The van der Waals surface area contributed by atoms with E-state index in [1.165, 1.54) is 5.56 Å². The Bertz CT molecular complexity index is 1030. The number of aromatic nitrogens is 1. The van der Waals surface area contributed by atoms with Crippen LogP contribution in [0.4, 0.5) is 0 Å². The molecular weight excluding hydrogens is 350 g/mol. The average molecular weight is 375 g/mol. The van der Waals surface area contributed by atoms with Gasteiger partial charge in [-0.05, 0) is 36.1 Å². The monoisotopic (exact) mass is 375 g/mol. The molecular formula is C23H25N3O2. The molecule has 2 aromatic carbocycles. The predicted molar refractivity (Wildman–Crippen MR) is 111 cm³/mol. The molecule has 0 radical (unpaired) electrons. The first-order valence-corrected chi connectivity index (χ1v) is 9.75. The lowest BCUT2D eigenvalue weighted by Gasteiger charge is -2.34. The smallest absolute Gasteiger partial charge is 0.252 e. The fraction of sp³-hybridized carbons (Fsp3) is 0.304. The van der Waals surface area contributed by atoms with Crippen LogP contribution in [0.2, 0.25) is 0 Å². The van der Waals surface area contributed by atoms with Gasteiger partial charge in [-0.2, -0.15) is 0 Å². The lowest BCUT2D eigenvalue weighted by atomic mass is 10.1. The van der Waals surface area contributed by atoms with Crippen LogP contribution >= 0.6 is 0 Å². The van der Waals surface area contributed by atoms with E-state index in [1.807, 2.05) is 53.4 Å². The normalized spacial score (nSPS) is 15.1. The maximum Gasteiger partial charge on any atom is 0.252 e. The summed E-state index contributed by atoms with van der Waals surface area (Å²) in [5.74, 6) is 0.171. The highest BCUT2D eigenvalue weighted by Gasteiger charge is 2.21. The van der Waals surface area contributed by atoms with Gasteiger partial charge in [0.2, 0.25) is 5.91 Å². The van der Waals surface area contributed by atoms with Gasteiger partial charge in [0.25, 0.3) is 5.56 Å². The Morgan fingerprint density at radius 2 is 1.75 bits per heavy atom. The summed E-state index contributed by atoms with van der Waals surface area (Å²) in [5, 5.41) is 1.06. The van der Waals surface area contributed by atoms with E-state index < -0.39 is 0 Å². The van der Waals surface area contributed by atoms with Gasteiger partial charge in [-0.25, -0.2) is 0 Å². The largest absolute Gasteiger partial charge is 0.340 e.